The van der Waals surface area contributed by atoms with E-state index in [1.165, 1.54) is 7.11 Å². The summed E-state index contributed by atoms with van der Waals surface area (Å²) in [5.74, 6) is 0. The predicted molar refractivity (Wildman–Crippen MR) is 46.2 cm³/mol. The molecular weight excluding hydrogens is 174 g/mol. The number of rotatable bonds is 2. The number of aliphatic hydroxyl groups is 2. The van der Waals surface area contributed by atoms with Crippen LogP contribution in [0.4, 0.5) is 0 Å². The number of hydrogen-bond acceptors (Lipinski definition) is 5. The minimum Gasteiger partial charge on any atom is -0.386 e. The van der Waals surface area contributed by atoms with E-state index in [1.54, 1.807) is 14.0 Å². The summed E-state index contributed by atoms with van der Waals surface area (Å²) in [6.45, 7) is 1.76. The Labute approximate surface area is 77.7 Å². The number of aliphatic hydroxyl groups excluding tert-OH is 1. The zero-order valence-electron chi connectivity index (χ0n) is 8.15. The first-order chi connectivity index (χ1) is 6.03. The van der Waals surface area contributed by atoms with Gasteiger partial charge in [0.05, 0.1) is 12.6 Å². The number of likely N-dealkylation sites (N-methyl/N-ethyl adjacent to an activating group) is 1. The topological polar surface area (TPSA) is 71.0 Å². The van der Waals surface area contributed by atoms with Gasteiger partial charge in [-0.3, -0.25) is 0 Å². The van der Waals surface area contributed by atoms with Crippen LogP contribution in [0.2, 0.25) is 0 Å². The van der Waals surface area contributed by atoms with Crippen LogP contribution in [0.1, 0.15) is 6.92 Å². The Kier molecular flexibility index (Phi) is 3.26. The van der Waals surface area contributed by atoms with Gasteiger partial charge in [-0.15, -0.1) is 0 Å². The highest BCUT2D eigenvalue weighted by molar-refractivity contribution is 4.96. The smallest absolute Gasteiger partial charge is 0.184 e. The molecule has 0 unspecified atom stereocenters. The molecule has 0 aromatic heterocycles. The maximum Gasteiger partial charge on any atom is 0.184 e. The SMILES string of the molecule is CN[C@@H]1[C@@H](O)[C@H](OC)OC[C@]1(C)O. The summed E-state index contributed by atoms with van der Waals surface area (Å²) in [5, 5.41) is 22.4. The summed E-state index contributed by atoms with van der Waals surface area (Å²) in [6.07, 6.45) is -1.53. The summed E-state index contributed by atoms with van der Waals surface area (Å²) in [6, 6.07) is -0.439. The lowest BCUT2D eigenvalue weighted by atomic mass is 9.90. The molecule has 13 heavy (non-hydrogen) atoms. The first-order valence-corrected chi connectivity index (χ1v) is 4.25. The quantitative estimate of drug-likeness (QED) is 0.505. The van der Waals surface area contributed by atoms with Crippen molar-refractivity contribution >= 4 is 0 Å². The standard InChI is InChI=1S/C8H17NO4/c1-8(11)4-13-7(12-3)5(10)6(8)9-2/h5-7,9-11H,4H2,1-3H3/t5-,6-,7-,8+/m1/s1. The van der Waals surface area contributed by atoms with Gasteiger partial charge in [-0.05, 0) is 14.0 Å². The van der Waals surface area contributed by atoms with E-state index in [4.69, 9.17) is 9.47 Å². The van der Waals surface area contributed by atoms with Crippen LogP contribution in [0, 0.1) is 0 Å². The van der Waals surface area contributed by atoms with Crippen molar-refractivity contribution in [2.24, 2.45) is 0 Å². The number of ether oxygens (including phenoxy) is 2. The van der Waals surface area contributed by atoms with Crippen molar-refractivity contribution in [3.05, 3.63) is 0 Å². The maximum absolute atomic E-state index is 9.81. The summed E-state index contributed by atoms with van der Waals surface area (Å²) in [7, 11) is 3.14. The first kappa shape index (κ1) is 10.9. The molecule has 5 heteroatoms. The third kappa shape index (κ3) is 2.00. The molecule has 0 radical (unpaired) electrons. The minimum absolute atomic E-state index is 0.147. The third-order valence-electron chi connectivity index (χ3n) is 2.37. The molecule has 0 amide bonds. The maximum atomic E-state index is 9.81. The molecule has 0 spiro atoms. The Morgan fingerprint density at radius 3 is 2.69 bits per heavy atom. The fraction of sp³-hybridized carbons (Fsp3) is 1.00. The van der Waals surface area contributed by atoms with Crippen molar-refractivity contribution in [1.29, 1.82) is 0 Å². The zero-order valence-corrected chi connectivity index (χ0v) is 8.15. The van der Waals surface area contributed by atoms with Gasteiger partial charge < -0.3 is 25.0 Å². The van der Waals surface area contributed by atoms with E-state index in [-0.39, 0.29) is 6.61 Å². The van der Waals surface area contributed by atoms with Crippen LogP contribution >= 0.6 is 0 Å². The summed E-state index contributed by atoms with van der Waals surface area (Å²) >= 11 is 0. The van der Waals surface area contributed by atoms with Gasteiger partial charge in [0.1, 0.15) is 11.7 Å². The third-order valence-corrected chi connectivity index (χ3v) is 2.37. The van der Waals surface area contributed by atoms with E-state index < -0.39 is 24.0 Å². The normalized spacial score (nSPS) is 46.4. The molecule has 1 fully saturated rings. The number of nitrogens with one attached hydrogen (secondary N) is 1. The minimum atomic E-state index is -1.07. The second kappa shape index (κ2) is 3.89. The molecule has 0 bridgehead atoms. The van der Waals surface area contributed by atoms with E-state index in [0.717, 1.165) is 0 Å². The molecule has 78 valence electrons. The van der Waals surface area contributed by atoms with Gasteiger partial charge in [-0.2, -0.15) is 0 Å². The van der Waals surface area contributed by atoms with Crippen LogP contribution in [0.15, 0.2) is 0 Å². The summed E-state index contributed by atoms with van der Waals surface area (Å²) < 4.78 is 10.0. The number of methoxy groups -OCH3 is 1. The van der Waals surface area contributed by atoms with Crippen LogP contribution < -0.4 is 5.32 Å². The van der Waals surface area contributed by atoms with Gasteiger partial charge in [0.25, 0.3) is 0 Å². The fourth-order valence-electron chi connectivity index (χ4n) is 1.65. The average Bonchev–Trinajstić information content (AvgIpc) is 2.04. The first-order valence-electron chi connectivity index (χ1n) is 4.25. The van der Waals surface area contributed by atoms with E-state index in [2.05, 4.69) is 5.32 Å². The molecule has 3 N–H and O–H groups in total. The molecule has 1 heterocycles. The Balaban J connectivity index is 2.72. The van der Waals surface area contributed by atoms with Gasteiger partial charge in [0.2, 0.25) is 0 Å². The molecule has 1 aliphatic heterocycles. The molecule has 0 saturated carbocycles. The van der Waals surface area contributed by atoms with Crippen LogP contribution in [0.25, 0.3) is 0 Å². The zero-order chi connectivity index (χ0) is 10.1. The molecule has 0 aromatic carbocycles. The van der Waals surface area contributed by atoms with Crippen molar-refractivity contribution in [2.45, 2.75) is 31.0 Å². The molecule has 0 aliphatic carbocycles. The van der Waals surface area contributed by atoms with Crippen molar-refractivity contribution in [3.63, 3.8) is 0 Å². The van der Waals surface area contributed by atoms with E-state index in [1.807, 2.05) is 0 Å². The lowest BCUT2D eigenvalue weighted by Crippen LogP contribution is -2.64. The van der Waals surface area contributed by atoms with E-state index in [0.29, 0.717) is 0 Å². The molecule has 1 aliphatic rings. The van der Waals surface area contributed by atoms with Gasteiger partial charge in [0, 0.05) is 7.11 Å². The Hall–Kier alpha value is -0.200. The predicted octanol–water partition coefficient (Wildman–Crippen LogP) is -1.31. The van der Waals surface area contributed by atoms with Crippen molar-refractivity contribution in [3.8, 4) is 0 Å². The monoisotopic (exact) mass is 191 g/mol. The van der Waals surface area contributed by atoms with Gasteiger partial charge in [0.15, 0.2) is 6.29 Å². The lowest BCUT2D eigenvalue weighted by molar-refractivity contribution is -0.258. The molecule has 0 aromatic rings. The number of hydrogen-bond donors (Lipinski definition) is 3. The van der Waals surface area contributed by atoms with Crippen molar-refractivity contribution < 1.29 is 19.7 Å². The Morgan fingerprint density at radius 1 is 1.62 bits per heavy atom. The van der Waals surface area contributed by atoms with Crippen molar-refractivity contribution in [1.82, 2.24) is 5.32 Å². The Morgan fingerprint density at radius 2 is 2.23 bits per heavy atom. The van der Waals surface area contributed by atoms with Crippen LogP contribution in [0.5, 0.6) is 0 Å². The lowest BCUT2D eigenvalue weighted by Gasteiger charge is -2.43. The fourth-order valence-corrected chi connectivity index (χ4v) is 1.65. The highest BCUT2D eigenvalue weighted by Gasteiger charge is 2.45. The van der Waals surface area contributed by atoms with Crippen LogP contribution in [-0.2, 0) is 9.47 Å². The van der Waals surface area contributed by atoms with Gasteiger partial charge in [-0.25, -0.2) is 0 Å². The summed E-state index contributed by atoms with van der Waals surface area (Å²) in [5.41, 5.74) is -1.07. The van der Waals surface area contributed by atoms with Crippen LogP contribution in [0.3, 0.4) is 0 Å². The molecule has 4 atom stereocenters. The van der Waals surface area contributed by atoms with Crippen LogP contribution in [-0.4, -0.2) is 55.0 Å². The van der Waals surface area contributed by atoms with Gasteiger partial charge in [-0.1, -0.05) is 0 Å². The molecular formula is C8H17NO4. The molecule has 5 nitrogen and oxygen atoms in total. The van der Waals surface area contributed by atoms with Gasteiger partial charge >= 0.3 is 0 Å². The second-order valence-electron chi connectivity index (χ2n) is 3.53. The average molecular weight is 191 g/mol. The van der Waals surface area contributed by atoms with E-state index >= 15 is 0 Å². The van der Waals surface area contributed by atoms with Crippen molar-refractivity contribution in [2.75, 3.05) is 20.8 Å². The Bertz CT molecular complexity index is 174. The highest BCUT2D eigenvalue weighted by Crippen LogP contribution is 2.23. The largest absolute Gasteiger partial charge is 0.386 e. The van der Waals surface area contributed by atoms with E-state index in [9.17, 15) is 10.2 Å². The molecule has 1 saturated heterocycles. The summed E-state index contributed by atoms with van der Waals surface area (Å²) in [4.78, 5) is 0. The highest BCUT2D eigenvalue weighted by atomic mass is 16.7. The molecule has 1 rings (SSSR count). The second-order valence-corrected chi connectivity index (χ2v) is 3.53.